The summed E-state index contributed by atoms with van der Waals surface area (Å²) in [5.41, 5.74) is -1.63. The number of nitrogens with one attached hydrogen (secondary N) is 1. The highest BCUT2D eigenvalue weighted by Gasteiger charge is 2.38. The summed E-state index contributed by atoms with van der Waals surface area (Å²) in [5.74, 6) is 0. The molecule has 0 bridgehead atoms. The van der Waals surface area contributed by atoms with Crippen molar-refractivity contribution in [1.82, 2.24) is 15.0 Å². The molecule has 0 aliphatic rings. The Morgan fingerprint density at radius 3 is 2.48 bits per heavy atom. The standard InChI is InChI=1S/C11H6Cl2F3N3OS/c12-6-3-17-4-7(13)9(6)11(15,16)21-10-18-5(2-14)1-8(20)19-10/h1,3-4H,2H2,(H,18,19,20). The van der Waals surface area contributed by atoms with E-state index in [1.54, 1.807) is 0 Å². The molecule has 21 heavy (non-hydrogen) atoms. The van der Waals surface area contributed by atoms with E-state index < -0.39 is 28.2 Å². The third kappa shape index (κ3) is 3.69. The Labute approximate surface area is 130 Å². The molecule has 2 aromatic rings. The first kappa shape index (κ1) is 16.1. The highest BCUT2D eigenvalue weighted by molar-refractivity contribution is 7.99. The Bertz CT molecular complexity index is 706. The highest BCUT2D eigenvalue weighted by Crippen LogP contribution is 2.47. The molecule has 4 nitrogen and oxygen atoms in total. The van der Waals surface area contributed by atoms with Crippen LogP contribution in [0.15, 0.2) is 28.4 Å². The van der Waals surface area contributed by atoms with E-state index >= 15 is 0 Å². The van der Waals surface area contributed by atoms with E-state index in [1.165, 1.54) is 0 Å². The molecule has 1 N–H and O–H groups in total. The van der Waals surface area contributed by atoms with Gasteiger partial charge in [-0.15, -0.1) is 0 Å². The van der Waals surface area contributed by atoms with E-state index in [2.05, 4.69) is 15.0 Å². The van der Waals surface area contributed by atoms with E-state index in [0.29, 0.717) is 0 Å². The van der Waals surface area contributed by atoms with Gasteiger partial charge in [0.1, 0.15) is 6.67 Å². The molecule has 0 aromatic carbocycles. The lowest BCUT2D eigenvalue weighted by atomic mass is 10.3. The third-order valence-electron chi connectivity index (χ3n) is 2.28. The first-order valence-electron chi connectivity index (χ1n) is 5.36. The van der Waals surface area contributed by atoms with Gasteiger partial charge in [0.25, 0.3) is 5.56 Å². The number of H-pyrrole nitrogens is 1. The van der Waals surface area contributed by atoms with Crippen LogP contribution in [0.3, 0.4) is 0 Å². The van der Waals surface area contributed by atoms with E-state index in [9.17, 15) is 18.0 Å². The number of thioether (sulfide) groups is 1. The van der Waals surface area contributed by atoms with Gasteiger partial charge in [-0.2, -0.15) is 8.78 Å². The molecule has 0 fully saturated rings. The Kier molecular flexibility index (Phi) is 4.80. The second-order valence-corrected chi connectivity index (χ2v) is 5.69. The van der Waals surface area contributed by atoms with Crippen molar-refractivity contribution in [3.8, 4) is 0 Å². The lowest BCUT2D eigenvalue weighted by Crippen LogP contribution is -2.15. The topological polar surface area (TPSA) is 58.6 Å². The molecule has 0 aliphatic heterocycles. The van der Waals surface area contributed by atoms with Gasteiger partial charge < -0.3 is 4.98 Å². The number of halogens is 5. The minimum atomic E-state index is -3.58. The van der Waals surface area contributed by atoms with Crippen molar-refractivity contribution in [3.05, 3.63) is 50.1 Å². The summed E-state index contributed by atoms with van der Waals surface area (Å²) in [5, 5.41) is -4.68. The van der Waals surface area contributed by atoms with Crippen LogP contribution in [0.4, 0.5) is 13.2 Å². The van der Waals surface area contributed by atoms with Crippen LogP contribution in [0.25, 0.3) is 0 Å². The summed E-state index contributed by atoms with van der Waals surface area (Å²) < 4.78 is 41.0. The van der Waals surface area contributed by atoms with E-state index in [0.717, 1.165) is 18.5 Å². The van der Waals surface area contributed by atoms with Crippen LogP contribution in [-0.2, 0) is 11.9 Å². The number of aromatic nitrogens is 3. The zero-order chi connectivity index (χ0) is 15.6. The lowest BCUT2D eigenvalue weighted by Gasteiger charge is -2.17. The maximum absolute atomic E-state index is 14.2. The molecule has 0 radical (unpaired) electrons. The van der Waals surface area contributed by atoms with Crippen LogP contribution in [0.2, 0.25) is 10.0 Å². The van der Waals surface area contributed by atoms with Gasteiger partial charge in [0.2, 0.25) is 0 Å². The fraction of sp³-hybridized carbons (Fsp3) is 0.182. The quantitative estimate of drug-likeness (QED) is 0.669. The van der Waals surface area contributed by atoms with Crippen LogP contribution in [0.5, 0.6) is 0 Å². The van der Waals surface area contributed by atoms with Gasteiger partial charge in [-0.1, -0.05) is 23.2 Å². The number of hydrogen-bond donors (Lipinski definition) is 1. The second-order valence-electron chi connectivity index (χ2n) is 3.77. The van der Waals surface area contributed by atoms with Crippen LogP contribution in [0.1, 0.15) is 11.3 Å². The average Bonchev–Trinajstić information content (AvgIpc) is 2.36. The molecule has 2 heterocycles. The summed E-state index contributed by atoms with van der Waals surface area (Å²) in [6.07, 6.45) is 2.04. The monoisotopic (exact) mass is 355 g/mol. The number of nitrogens with zero attached hydrogens (tertiary/aromatic N) is 2. The number of alkyl halides is 3. The van der Waals surface area contributed by atoms with Gasteiger partial charge in [-0.25, -0.2) is 9.37 Å². The zero-order valence-electron chi connectivity index (χ0n) is 10.0. The fourth-order valence-corrected chi connectivity index (χ4v) is 3.06. The predicted octanol–water partition coefficient (Wildman–Crippen LogP) is 3.78. The van der Waals surface area contributed by atoms with Crippen molar-refractivity contribution in [3.63, 3.8) is 0 Å². The number of aromatic amines is 1. The summed E-state index contributed by atoms with van der Waals surface area (Å²) in [7, 11) is 0. The first-order valence-corrected chi connectivity index (χ1v) is 6.93. The van der Waals surface area contributed by atoms with Gasteiger partial charge in [0.05, 0.1) is 21.3 Å². The normalized spacial score (nSPS) is 11.7. The SMILES string of the molecule is O=c1cc(CF)nc(SC(F)(F)c2c(Cl)cncc2Cl)[nH]1. The van der Waals surface area contributed by atoms with Crippen LogP contribution in [0, 0.1) is 0 Å². The van der Waals surface area contributed by atoms with Gasteiger partial charge in [0.15, 0.2) is 5.16 Å². The number of rotatable bonds is 4. The van der Waals surface area contributed by atoms with E-state index in [1.807, 2.05) is 0 Å². The summed E-state index contributed by atoms with van der Waals surface area (Å²) in [6.45, 7) is -1.04. The van der Waals surface area contributed by atoms with Gasteiger partial charge in [-0.3, -0.25) is 9.78 Å². The Balaban J connectivity index is 2.42. The predicted molar refractivity (Wildman–Crippen MR) is 73.7 cm³/mol. The van der Waals surface area contributed by atoms with Gasteiger partial charge in [-0.05, 0) is 11.8 Å². The maximum atomic E-state index is 14.2. The minimum Gasteiger partial charge on any atom is -0.301 e. The minimum absolute atomic E-state index is 0.0923. The summed E-state index contributed by atoms with van der Waals surface area (Å²) in [6, 6.07) is 0.884. The fourth-order valence-electron chi connectivity index (χ4n) is 1.46. The highest BCUT2D eigenvalue weighted by atomic mass is 35.5. The van der Waals surface area contributed by atoms with Gasteiger partial charge in [0, 0.05) is 18.5 Å². The molecule has 0 saturated heterocycles. The van der Waals surface area contributed by atoms with Crippen LogP contribution >= 0.6 is 35.0 Å². The number of hydrogen-bond acceptors (Lipinski definition) is 4. The summed E-state index contributed by atoms with van der Waals surface area (Å²) >= 11 is 11.3. The zero-order valence-corrected chi connectivity index (χ0v) is 12.4. The van der Waals surface area contributed by atoms with E-state index in [-0.39, 0.29) is 27.5 Å². The Morgan fingerprint density at radius 2 is 1.90 bits per heavy atom. The van der Waals surface area contributed by atoms with Crippen LogP contribution < -0.4 is 5.56 Å². The van der Waals surface area contributed by atoms with Crippen molar-refractivity contribution >= 4 is 35.0 Å². The Hall–Kier alpha value is -1.25. The molecule has 10 heteroatoms. The molecular weight excluding hydrogens is 350 g/mol. The van der Waals surface area contributed by atoms with Crippen molar-refractivity contribution in [1.29, 1.82) is 0 Å². The maximum Gasteiger partial charge on any atom is 0.329 e. The molecule has 0 atom stereocenters. The van der Waals surface area contributed by atoms with Crippen molar-refractivity contribution < 1.29 is 13.2 Å². The smallest absolute Gasteiger partial charge is 0.301 e. The lowest BCUT2D eigenvalue weighted by molar-refractivity contribution is 0.105. The largest absolute Gasteiger partial charge is 0.329 e. The molecular formula is C11H6Cl2F3N3OS. The third-order valence-corrected chi connectivity index (χ3v) is 3.70. The molecule has 0 aliphatic carbocycles. The van der Waals surface area contributed by atoms with Gasteiger partial charge >= 0.3 is 5.25 Å². The molecule has 0 spiro atoms. The first-order chi connectivity index (χ1) is 9.83. The van der Waals surface area contributed by atoms with E-state index in [4.69, 9.17) is 23.2 Å². The molecule has 0 saturated carbocycles. The Morgan fingerprint density at radius 1 is 1.29 bits per heavy atom. The van der Waals surface area contributed by atoms with Crippen LogP contribution in [-0.4, -0.2) is 15.0 Å². The molecule has 112 valence electrons. The molecule has 0 unspecified atom stereocenters. The molecule has 2 rings (SSSR count). The molecule has 0 amide bonds. The van der Waals surface area contributed by atoms with Crippen molar-refractivity contribution in [2.24, 2.45) is 0 Å². The summed E-state index contributed by atoms with van der Waals surface area (Å²) in [4.78, 5) is 20.5. The van der Waals surface area contributed by atoms with Crippen molar-refractivity contribution in [2.45, 2.75) is 17.1 Å². The number of pyridine rings is 1. The average molecular weight is 356 g/mol. The van der Waals surface area contributed by atoms with Crippen molar-refractivity contribution in [2.75, 3.05) is 0 Å². The molecule has 2 aromatic heterocycles. The second kappa shape index (κ2) is 6.25.